The SMILES string of the molecule is CCN(CC)CCCNC(=O)CS(=O)(=O)Cc1nc(-c2ccccc2C)oc1C. The molecule has 0 bridgehead atoms. The fraction of sp³-hybridized carbons (Fsp3) is 0.524. The number of benzene rings is 1. The molecule has 0 aliphatic heterocycles. The number of nitrogens with zero attached hydrogens (tertiary/aromatic N) is 2. The number of amides is 1. The molecular formula is C21H31N3O4S. The average Bonchev–Trinajstić information content (AvgIpc) is 3.01. The smallest absolute Gasteiger partial charge is 0.235 e. The maximum atomic E-state index is 12.5. The van der Waals surface area contributed by atoms with Crippen molar-refractivity contribution in [3.63, 3.8) is 0 Å². The molecule has 8 heteroatoms. The van der Waals surface area contributed by atoms with Crippen molar-refractivity contribution >= 4 is 15.7 Å². The maximum Gasteiger partial charge on any atom is 0.235 e. The van der Waals surface area contributed by atoms with E-state index >= 15 is 0 Å². The van der Waals surface area contributed by atoms with Gasteiger partial charge in [0.05, 0.1) is 11.4 Å². The van der Waals surface area contributed by atoms with Gasteiger partial charge in [0.1, 0.15) is 11.5 Å². The van der Waals surface area contributed by atoms with Crippen LogP contribution in [0, 0.1) is 13.8 Å². The van der Waals surface area contributed by atoms with Gasteiger partial charge in [-0.15, -0.1) is 0 Å². The molecule has 1 heterocycles. The van der Waals surface area contributed by atoms with Crippen molar-refractivity contribution in [2.75, 3.05) is 31.9 Å². The second-order valence-corrected chi connectivity index (χ2v) is 9.16. The number of nitrogens with one attached hydrogen (secondary N) is 1. The maximum absolute atomic E-state index is 12.5. The molecule has 2 aromatic rings. The molecule has 0 spiro atoms. The van der Waals surface area contributed by atoms with E-state index < -0.39 is 21.5 Å². The van der Waals surface area contributed by atoms with Gasteiger partial charge in [0.25, 0.3) is 0 Å². The highest BCUT2D eigenvalue weighted by atomic mass is 32.2. The van der Waals surface area contributed by atoms with Crippen molar-refractivity contribution in [1.82, 2.24) is 15.2 Å². The number of sulfone groups is 1. The van der Waals surface area contributed by atoms with Gasteiger partial charge in [0, 0.05) is 12.1 Å². The predicted octanol–water partition coefficient (Wildman–Crippen LogP) is 2.72. The molecule has 0 saturated heterocycles. The Balaban J connectivity index is 1.92. The number of hydrogen-bond donors (Lipinski definition) is 1. The highest BCUT2D eigenvalue weighted by molar-refractivity contribution is 7.91. The van der Waals surface area contributed by atoms with Gasteiger partial charge in [-0.25, -0.2) is 13.4 Å². The van der Waals surface area contributed by atoms with E-state index in [1.165, 1.54) is 0 Å². The third-order valence-corrected chi connectivity index (χ3v) is 6.26. The van der Waals surface area contributed by atoms with E-state index in [9.17, 15) is 13.2 Å². The van der Waals surface area contributed by atoms with Gasteiger partial charge in [0.2, 0.25) is 11.8 Å². The zero-order chi connectivity index (χ0) is 21.4. The largest absolute Gasteiger partial charge is 0.441 e. The number of oxazole rings is 1. The third-order valence-electron chi connectivity index (χ3n) is 4.84. The molecule has 1 aromatic heterocycles. The minimum Gasteiger partial charge on any atom is -0.441 e. The van der Waals surface area contributed by atoms with E-state index in [0.717, 1.165) is 37.2 Å². The molecule has 0 atom stereocenters. The van der Waals surface area contributed by atoms with Gasteiger partial charge in [-0.05, 0) is 51.5 Å². The fourth-order valence-electron chi connectivity index (χ4n) is 3.07. The Morgan fingerprint density at radius 3 is 2.52 bits per heavy atom. The quantitative estimate of drug-likeness (QED) is 0.561. The summed E-state index contributed by atoms with van der Waals surface area (Å²) in [6.45, 7) is 11.1. The molecule has 7 nitrogen and oxygen atoms in total. The van der Waals surface area contributed by atoms with Crippen LogP contribution in [-0.4, -0.2) is 56.1 Å². The second-order valence-electron chi connectivity index (χ2n) is 7.10. The van der Waals surface area contributed by atoms with Crippen molar-refractivity contribution in [2.45, 2.75) is 39.9 Å². The summed E-state index contributed by atoms with van der Waals surface area (Å²) in [6.07, 6.45) is 0.787. The molecule has 0 unspecified atom stereocenters. The molecule has 0 aliphatic rings. The van der Waals surface area contributed by atoms with E-state index in [1.54, 1.807) is 6.92 Å². The van der Waals surface area contributed by atoms with Crippen LogP contribution in [0.1, 0.15) is 37.3 Å². The molecule has 1 N–H and O–H groups in total. The van der Waals surface area contributed by atoms with Gasteiger partial charge >= 0.3 is 0 Å². The van der Waals surface area contributed by atoms with Crippen molar-refractivity contribution in [1.29, 1.82) is 0 Å². The summed E-state index contributed by atoms with van der Waals surface area (Å²) in [5.74, 6) is -0.506. The van der Waals surface area contributed by atoms with Gasteiger partial charge in [-0.3, -0.25) is 4.79 Å². The van der Waals surface area contributed by atoms with Crippen molar-refractivity contribution < 1.29 is 17.6 Å². The van der Waals surface area contributed by atoms with Crippen LogP contribution in [0.3, 0.4) is 0 Å². The van der Waals surface area contributed by atoms with Crippen LogP contribution < -0.4 is 5.32 Å². The monoisotopic (exact) mass is 421 g/mol. The summed E-state index contributed by atoms with van der Waals surface area (Å²) in [5.41, 5.74) is 2.16. The van der Waals surface area contributed by atoms with Crippen molar-refractivity contribution in [2.24, 2.45) is 0 Å². The standard InChI is InChI=1S/C21H31N3O4S/c1-5-24(6-2)13-9-12-22-20(25)15-29(26,27)14-19-17(4)28-21(23-19)18-11-8-7-10-16(18)3/h7-8,10-11H,5-6,9,12-15H2,1-4H3,(H,22,25). The Kier molecular flexibility index (Phi) is 8.40. The van der Waals surface area contributed by atoms with Crippen LogP contribution in [0.15, 0.2) is 28.7 Å². The number of hydrogen-bond acceptors (Lipinski definition) is 6. The minimum atomic E-state index is -3.64. The summed E-state index contributed by atoms with van der Waals surface area (Å²) in [6, 6.07) is 7.61. The summed E-state index contributed by atoms with van der Waals surface area (Å²) >= 11 is 0. The summed E-state index contributed by atoms with van der Waals surface area (Å²) < 4.78 is 30.6. The summed E-state index contributed by atoms with van der Waals surface area (Å²) in [7, 11) is -3.64. The Bertz CT molecular complexity index is 918. The Labute approximate surface area is 173 Å². The normalized spacial score (nSPS) is 11.8. The topological polar surface area (TPSA) is 92.5 Å². The Morgan fingerprint density at radius 2 is 1.86 bits per heavy atom. The van der Waals surface area contributed by atoms with E-state index in [-0.39, 0.29) is 5.75 Å². The molecule has 1 aromatic carbocycles. The Hall–Kier alpha value is -2.19. The van der Waals surface area contributed by atoms with Gasteiger partial charge in [-0.1, -0.05) is 32.0 Å². The number of aryl methyl sites for hydroxylation is 2. The summed E-state index contributed by atoms with van der Waals surface area (Å²) in [5, 5.41) is 2.69. The second kappa shape index (κ2) is 10.5. The highest BCUT2D eigenvalue weighted by Crippen LogP contribution is 2.25. The highest BCUT2D eigenvalue weighted by Gasteiger charge is 2.22. The van der Waals surface area contributed by atoms with E-state index in [0.29, 0.717) is 23.9 Å². The fourth-order valence-corrected chi connectivity index (χ4v) is 4.36. The summed E-state index contributed by atoms with van der Waals surface area (Å²) in [4.78, 5) is 18.7. The van der Waals surface area contributed by atoms with Crippen LogP contribution in [-0.2, 0) is 20.4 Å². The first-order valence-corrected chi connectivity index (χ1v) is 11.8. The van der Waals surface area contributed by atoms with Crippen LogP contribution in [0.2, 0.25) is 0 Å². The van der Waals surface area contributed by atoms with Crippen LogP contribution in [0.4, 0.5) is 0 Å². The number of carbonyl (C=O) groups excluding carboxylic acids is 1. The lowest BCUT2D eigenvalue weighted by Crippen LogP contribution is -2.33. The molecule has 0 radical (unpaired) electrons. The van der Waals surface area contributed by atoms with Gasteiger partial charge < -0.3 is 14.6 Å². The zero-order valence-electron chi connectivity index (χ0n) is 17.7. The molecule has 0 aliphatic carbocycles. The first kappa shape index (κ1) is 23.1. The van der Waals surface area contributed by atoms with E-state index in [2.05, 4.69) is 29.0 Å². The minimum absolute atomic E-state index is 0.318. The molecule has 0 saturated carbocycles. The number of aromatic nitrogens is 1. The third kappa shape index (κ3) is 6.97. The molecule has 1 amide bonds. The molecule has 160 valence electrons. The zero-order valence-corrected chi connectivity index (χ0v) is 18.5. The first-order valence-electron chi connectivity index (χ1n) is 9.97. The van der Waals surface area contributed by atoms with Crippen LogP contribution in [0.5, 0.6) is 0 Å². The van der Waals surface area contributed by atoms with Crippen molar-refractivity contribution in [3.05, 3.63) is 41.3 Å². The predicted molar refractivity (Wildman–Crippen MR) is 114 cm³/mol. The number of rotatable bonds is 11. The van der Waals surface area contributed by atoms with Crippen molar-refractivity contribution in [3.8, 4) is 11.5 Å². The molecule has 2 rings (SSSR count). The lowest BCUT2D eigenvalue weighted by atomic mass is 10.1. The lowest BCUT2D eigenvalue weighted by Gasteiger charge is -2.17. The van der Waals surface area contributed by atoms with Crippen LogP contribution in [0.25, 0.3) is 11.5 Å². The average molecular weight is 422 g/mol. The molecule has 0 fully saturated rings. The molecule has 29 heavy (non-hydrogen) atoms. The number of carbonyl (C=O) groups is 1. The first-order chi connectivity index (χ1) is 13.8. The van der Waals surface area contributed by atoms with E-state index in [4.69, 9.17) is 4.42 Å². The lowest BCUT2D eigenvalue weighted by molar-refractivity contribution is -0.118. The van der Waals surface area contributed by atoms with Crippen LogP contribution >= 0.6 is 0 Å². The van der Waals surface area contributed by atoms with Gasteiger partial charge in [0.15, 0.2) is 9.84 Å². The van der Waals surface area contributed by atoms with Gasteiger partial charge in [-0.2, -0.15) is 0 Å². The van der Waals surface area contributed by atoms with E-state index in [1.807, 2.05) is 31.2 Å². The molecular weight excluding hydrogens is 390 g/mol. The Morgan fingerprint density at radius 1 is 1.17 bits per heavy atom.